The fourth-order valence-electron chi connectivity index (χ4n) is 9.50. The highest BCUT2D eigenvalue weighted by Gasteiger charge is 2.25. The minimum absolute atomic E-state index is 0.668. The SMILES string of the molecule is c1ccc(-c2cc(-c3ccc(-c4c(-c5ccccc5)c(-c5ccccc5)nc(-c5ccccc5)c4-c4ccccc4)cc3)nc(-c3ccc(-n4c5ccccc5c5ccccc54)cc3)n2)cc1. The molecule has 0 radical (unpaired) electrons. The summed E-state index contributed by atoms with van der Waals surface area (Å²) in [5, 5.41) is 2.48. The molecular weight excluding hydrogens is 813 g/mol. The van der Waals surface area contributed by atoms with E-state index in [0.29, 0.717) is 5.82 Å². The maximum absolute atomic E-state index is 5.62. The predicted octanol–water partition coefficient (Wildman–Crippen LogP) is 16.3. The van der Waals surface area contributed by atoms with Gasteiger partial charge in [0.25, 0.3) is 0 Å². The second-order valence-electron chi connectivity index (χ2n) is 16.7. The van der Waals surface area contributed by atoms with Crippen molar-refractivity contribution in [2.45, 2.75) is 0 Å². The van der Waals surface area contributed by atoms with Crippen LogP contribution in [-0.4, -0.2) is 19.5 Å². The summed E-state index contributed by atoms with van der Waals surface area (Å²) in [5.41, 5.74) is 18.7. The number of benzene rings is 9. The summed E-state index contributed by atoms with van der Waals surface area (Å²) in [6, 6.07) is 89.7. The molecule has 4 nitrogen and oxygen atoms in total. The number of pyridine rings is 1. The van der Waals surface area contributed by atoms with E-state index < -0.39 is 0 Å². The fraction of sp³-hybridized carbons (Fsp3) is 0. The average Bonchev–Trinajstić information content (AvgIpc) is 3.76. The first-order valence-electron chi connectivity index (χ1n) is 22.7. The van der Waals surface area contributed by atoms with Crippen LogP contribution in [0.3, 0.4) is 0 Å². The van der Waals surface area contributed by atoms with Crippen LogP contribution in [0.25, 0.3) is 117 Å². The molecule has 314 valence electrons. The van der Waals surface area contributed by atoms with Gasteiger partial charge < -0.3 is 4.57 Å². The van der Waals surface area contributed by atoms with E-state index in [1.807, 2.05) is 6.07 Å². The number of para-hydroxylation sites is 2. The van der Waals surface area contributed by atoms with Gasteiger partial charge in [-0.25, -0.2) is 15.0 Å². The van der Waals surface area contributed by atoms with Gasteiger partial charge in [0.1, 0.15) is 0 Å². The fourth-order valence-corrected chi connectivity index (χ4v) is 9.50. The number of rotatable bonds is 9. The lowest BCUT2D eigenvalue weighted by atomic mass is 9.83. The number of fused-ring (bicyclic) bond motifs is 3. The maximum atomic E-state index is 5.62. The van der Waals surface area contributed by atoms with Crippen molar-refractivity contribution in [3.63, 3.8) is 0 Å². The Morgan fingerprint density at radius 1 is 0.254 bits per heavy atom. The summed E-state index contributed by atoms with van der Waals surface area (Å²) in [6.45, 7) is 0. The third kappa shape index (κ3) is 7.37. The molecule has 0 bridgehead atoms. The Morgan fingerprint density at radius 3 is 1.06 bits per heavy atom. The van der Waals surface area contributed by atoms with E-state index in [9.17, 15) is 0 Å². The van der Waals surface area contributed by atoms with E-state index in [-0.39, 0.29) is 0 Å². The van der Waals surface area contributed by atoms with Gasteiger partial charge in [-0.3, -0.25) is 0 Å². The Hall–Kier alpha value is -8.99. The van der Waals surface area contributed by atoms with Gasteiger partial charge in [-0.1, -0.05) is 212 Å². The van der Waals surface area contributed by atoms with E-state index >= 15 is 0 Å². The lowest BCUT2D eigenvalue weighted by molar-refractivity contribution is 1.16. The lowest BCUT2D eigenvalue weighted by Gasteiger charge is -2.23. The second-order valence-corrected chi connectivity index (χ2v) is 16.7. The minimum Gasteiger partial charge on any atom is -0.309 e. The number of hydrogen-bond acceptors (Lipinski definition) is 3. The van der Waals surface area contributed by atoms with Gasteiger partial charge >= 0.3 is 0 Å². The van der Waals surface area contributed by atoms with Crippen molar-refractivity contribution in [3.8, 4) is 95.5 Å². The van der Waals surface area contributed by atoms with E-state index in [4.69, 9.17) is 15.0 Å². The van der Waals surface area contributed by atoms with E-state index in [2.05, 4.69) is 253 Å². The van der Waals surface area contributed by atoms with Crippen molar-refractivity contribution in [2.75, 3.05) is 0 Å². The predicted molar refractivity (Wildman–Crippen MR) is 278 cm³/mol. The van der Waals surface area contributed by atoms with Crippen LogP contribution in [0.15, 0.2) is 255 Å². The van der Waals surface area contributed by atoms with Crippen LogP contribution in [0.2, 0.25) is 0 Å². The molecule has 3 aromatic heterocycles. The Kier molecular flexibility index (Phi) is 10.2. The van der Waals surface area contributed by atoms with E-state index in [0.717, 1.165) is 89.7 Å². The summed E-state index contributed by atoms with van der Waals surface area (Å²) < 4.78 is 2.34. The molecule has 0 fully saturated rings. The first-order valence-corrected chi connectivity index (χ1v) is 22.7. The molecule has 0 unspecified atom stereocenters. The average molecular weight is 855 g/mol. The van der Waals surface area contributed by atoms with Crippen molar-refractivity contribution in [3.05, 3.63) is 255 Å². The van der Waals surface area contributed by atoms with Crippen LogP contribution in [-0.2, 0) is 0 Å². The van der Waals surface area contributed by atoms with Crippen molar-refractivity contribution in [1.82, 2.24) is 19.5 Å². The molecule has 0 N–H and O–H groups in total. The van der Waals surface area contributed by atoms with Crippen LogP contribution < -0.4 is 0 Å². The van der Waals surface area contributed by atoms with Gasteiger partial charge in [-0.05, 0) is 59.2 Å². The lowest BCUT2D eigenvalue weighted by Crippen LogP contribution is -2.01. The van der Waals surface area contributed by atoms with Crippen molar-refractivity contribution in [2.24, 2.45) is 0 Å². The molecule has 0 aliphatic heterocycles. The van der Waals surface area contributed by atoms with Crippen molar-refractivity contribution < 1.29 is 0 Å². The molecule has 0 saturated heterocycles. The number of hydrogen-bond donors (Lipinski definition) is 0. The Labute approximate surface area is 389 Å². The molecule has 12 aromatic rings. The molecule has 0 aliphatic carbocycles. The highest BCUT2D eigenvalue weighted by atomic mass is 15.0. The van der Waals surface area contributed by atoms with Gasteiger partial charge in [-0.2, -0.15) is 0 Å². The van der Waals surface area contributed by atoms with Gasteiger partial charge in [0, 0.05) is 61.0 Å². The quantitative estimate of drug-likeness (QED) is 0.145. The van der Waals surface area contributed by atoms with Crippen LogP contribution >= 0.6 is 0 Å². The highest BCUT2D eigenvalue weighted by Crippen LogP contribution is 2.49. The molecule has 0 atom stereocenters. The third-order valence-corrected chi connectivity index (χ3v) is 12.6. The monoisotopic (exact) mass is 854 g/mol. The molecule has 67 heavy (non-hydrogen) atoms. The third-order valence-electron chi connectivity index (χ3n) is 12.6. The normalized spacial score (nSPS) is 11.3. The zero-order valence-corrected chi connectivity index (χ0v) is 36.5. The van der Waals surface area contributed by atoms with Crippen molar-refractivity contribution in [1.29, 1.82) is 0 Å². The van der Waals surface area contributed by atoms with Crippen LogP contribution in [0.4, 0.5) is 0 Å². The molecule has 12 rings (SSSR count). The standard InChI is InChI=1S/C63H42N4/c1-6-20-43(21-7-1)54-42-55(65-63(64-54)50-38-40-51(41-39-50)67-56-32-18-16-30-52(56)53-31-17-19-33-57(53)67)44-34-36-47(37-35-44)58-59(45-22-8-2-9-23-45)61(48-26-12-4-13-27-48)66-62(49-28-14-5-15-29-49)60(58)46-24-10-3-11-25-46/h1-42H. The first kappa shape index (κ1) is 39.6. The van der Waals surface area contributed by atoms with Crippen LogP contribution in [0.1, 0.15) is 0 Å². The van der Waals surface area contributed by atoms with Gasteiger partial charge in [0.05, 0.1) is 33.8 Å². The van der Waals surface area contributed by atoms with Crippen LogP contribution in [0.5, 0.6) is 0 Å². The summed E-state index contributed by atoms with van der Waals surface area (Å²) in [4.78, 5) is 16.1. The molecular formula is C63H42N4. The largest absolute Gasteiger partial charge is 0.309 e. The zero-order chi connectivity index (χ0) is 44.5. The Balaban J connectivity index is 1.03. The summed E-state index contributed by atoms with van der Waals surface area (Å²) in [5.74, 6) is 0.668. The molecule has 9 aromatic carbocycles. The Bertz CT molecular complexity index is 3530. The van der Waals surface area contributed by atoms with Gasteiger partial charge in [0.15, 0.2) is 5.82 Å². The molecule has 0 amide bonds. The summed E-state index contributed by atoms with van der Waals surface area (Å²) in [6.07, 6.45) is 0. The maximum Gasteiger partial charge on any atom is 0.160 e. The molecule has 0 saturated carbocycles. The van der Waals surface area contributed by atoms with Crippen LogP contribution in [0, 0.1) is 0 Å². The minimum atomic E-state index is 0.668. The Morgan fingerprint density at radius 2 is 0.597 bits per heavy atom. The smallest absolute Gasteiger partial charge is 0.160 e. The highest BCUT2D eigenvalue weighted by molar-refractivity contribution is 6.09. The first-order chi connectivity index (χ1) is 33.2. The molecule has 0 aliphatic rings. The van der Waals surface area contributed by atoms with E-state index in [1.54, 1.807) is 0 Å². The number of nitrogens with zero attached hydrogens (tertiary/aromatic N) is 4. The second kappa shape index (κ2) is 17.2. The van der Waals surface area contributed by atoms with E-state index in [1.165, 1.54) is 21.8 Å². The summed E-state index contributed by atoms with van der Waals surface area (Å²) in [7, 11) is 0. The topological polar surface area (TPSA) is 43.6 Å². The van der Waals surface area contributed by atoms with Gasteiger partial charge in [-0.15, -0.1) is 0 Å². The molecule has 4 heteroatoms. The number of aromatic nitrogens is 4. The van der Waals surface area contributed by atoms with Gasteiger partial charge in [0.2, 0.25) is 0 Å². The molecule has 3 heterocycles. The summed E-state index contributed by atoms with van der Waals surface area (Å²) >= 11 is 0. The van der Waals surface area contributed by atoms with Crippen molar-refractivity contribution >= 4 is 21.8 Å². The zero-order valence-electron chi connectivity index (χ0n) is 36.5. The molecule has 0 spiro atoms.